The van der Waals surface area contributed by atoms with Crippen molar-refractivity contribution in [2.45, 2.75) is 6.92 Å². The molecule has 0 saturated carbocycles. The summed E-state index contributed by atoms with van der Waals surface area (Å²) in [6, 6.07) is 3.57. The Morgan fingerprint density at radius 2 is 2.40 bits per heavy atom. The van der Waals surface area contributed by atoms with Gasteiger partial charge in [0.25, 0.3) is 0 Å². The van der Waals surface area contributed by atoms with Crippen molar-refractivity contribution >= 4 is 6.08 Å². The number of hydrogen-bond acceptors (Lipinski definition) is 1. The molecule has 0 saturated heterocycles. The molecule has 0 radical (unpaired) electrons. The highest BCUT2D eigenvalue weighted by molar-refractivity contribution is 5.47. The molecular weight excluding hydrogens is 129 g/mol. The second-order valence-corrected chi connectivity index (χ2v) is 2.02. The third-order valence-electron chi connectivity index (χ3n) is 1.18. The van der Waals surface area contributed by atoms with E-state index in [1.54, 1.807) is 12.3 Å². The average molecular weight is 137 g/mol. The van der Waals surface area contributed by atoms with E-state index >= 15 is 0 Å². The molecule has 0 aliphatic rings. The van der Waals surface area contributed by atoms with E-state index in [1.807, 2.05) is 13.0 Å². The van der Waals surface area contributed by atoms with Gasteiger partial charge in [0.05, 0.1) is 6.33 Å². The molecule has 10 heavy (non-hydrogen) atoms. The number of aryl methyl sites for hydroxylation is 1. The van der Waals surface area contributed by atoms with Crippen LogP contribution in [-0.2, 0) is 0 Å². The van der Waals surface area contributed by atoms with Gasteiger partial charge in [-0.1, -0.05) is 0 Å². The second kappa shape index (κ2) is 3.11. The molecule has 52 valence electrons. The molecule has 0 spiro atoms. The Kier molecular flexibility index (Phi) is 2.15. The Hall–Kier alpha value is -1.18. The summed E-state index contributed by atoms with van der Waals surface area (Å²) in [6.45, 7) is 1.87. The fraction of sp³-hybridized carbons (Fsp3) is 0.125. The first-order chi connectivity index (χ1) is 4.83. The molecule has 0 aromatic carbocycles. The minimum atomic E-state index is 0.523. The Bertz CT molecular complexity index is 243. The lowest BCUT2D eigenvalue weighted by Crippen LogP contribution is -1.79. The molecule has 1 heterocycles. The third-order valence-corrected chi connectivity index (χ3v) is 1.18. The Labute approximate surface area is 59.2 Å². The van der Waals surface area contributed by atoms with E-state index in [4.69, 9.17) is 0 Å². The number of halogens is 1. The van der Waals surface area contributed by atoms with E-state index < -0.39 is 0 Å². The first-order valence-corrected chi connectivity index (χ1v) is 3.02. The first-order valence-electron chi connectivity index (χ1n) is 3.02. The van der Waals surface area contributed by atoms with Crippen molar-refractivity contribution in [3.63, 3.8) is 0 Å². The zero-order valence-electron chi connectivity index (χ0n) is 5.71. The van der Waals surface area contributed by atoms with Crippen molar-refractivity contribution in [3.8, 4) is 0 Å². The highest BCUT2D eigenvalue weighted by Gasteiger charge is 1.86. The molecule has 0 unspecified atom stereocenters. The maximum Gasteiger partial charge on any atom is 0.0872 e. The number of aromatic nitrogens is 1. The summed E-state index contributed by atoms with van der Waals surface area (Å²) in [5.41, 5.74) is 1.74. The molecule has 0 bridgehead atoms. The van der Waals surface area contributed by atoms with E-state index in [-0.39, 0.29) is 0 Å². The lowest BCUT2D eigenvalue weighted by molar-refractivity contribution is 0.727. The number of pyridine rings is 1. The van der Waals surface area contributed by atoms with Crippen LogP contribution < -0.4 is 0 Å². The normalized spacial score (nSPS) is 10.6. The Morgan fingerprint density at radius 3 is 3.00 bits per heavy atom. The van der Waals surface area contributed by atoms with E-state index in [2.05, 4.69) is 4.98 Å². The Morgan fingerprint density at radius 1 is 1.60 bits per heavy atom. The molecule has 1 aromatic heterocycles. The highest BCUT2D eigenvalue weighted by Crippen LogP contribution is 2.02. The summed E-state index contributed by atoms with van der Waals surface area (Å²) in [6.07, 6.45) is 3.58. The third kappa shape index (κ3) is 1.65. The number of hydrogen-bond donors (Lipinski definition) is 0. The van der Waals surface area contributed by atoms with Crippen LogP contribution in [0.1, 0.15) is 11.3 Å². The molecule has 0 aliphatic carbocycles. The molecule has 0 N–H and O–H groups in total. The predicted molar refractivity (Wildman–Crippen MR) is 39.1 cm³/mol. The molecular formula is C8H8FN. The van der Waals surface area contributed by atoms with Crippen molar-refractivity contribution in [2.75, 3.05) is 0 Å². The summed E-state index contributed by atoms with van der Waals surface area (Å²) in [7, 11) is 0. The van der Waals surface area contributed by atoms with Crippen molar-refractivity contribution in [1.82, 2.24) is 4.98 Å². The van der Waals surface area contributed by atoms with Crippen molar-refractivity contribution in [3.05, 3.63) is 35.9 Å². The molecule has 2 heteroatoms. The van der Waals surface area contributed by atoms with Crippen LogP contribution in [0.25, 0.3) is 6.08 Å². The summed E-state index contributed by atoms with van der Waals surface area (Å²) >= 11 is 0. The van der Waals surface area contributed by atoms with E-state index in [0.717, 1.165) is 11.3 Å². The minimum Gasteiger partial charge on any atom is -0.262 e. The van der Waals surface area contributed by atoms with Gasteiger partial charge < -0.3 is 0 Å². The predicted octanol–water partition coefficient (Wildman–Crippen LogP) is 2.33. The van der Waals surface area contributed by atoms with E-state index in [0.29, 0.717) is 6.33 Å². The maximum absolute atomic E-state index is 11.6. The van der Waals surface area contributed by atoms with Gasteiger partial charge in [-0.3, -0.25) is 4.98 Å². The standard InChI is InChI=1S/C8H8FN/c1-7-6-8(2-4-9)3-5-10-7/h2-6H,1H3/b4-2-. The second-order valence-electron chi connectivity index (χ2n) is 2.02. The van der Waals surface area contributed by atoms with Crippen LogP contribution in [-0.4, -0.2) is 4.98 Å². The molecule has 0 atom stereocenters. The van der Waals surface area contributed by atoms with Gasteiger partial charge in [0.1, 0.15) is 0 Å². The number of rotatable bonds is 1. The van der Waals surface area contributed by atoms with Gasteiger partial charge in [-0.15, -0.1) is 0 Å². The molecule has 0 fully saturated rings. The highest BCUT2D eigenvalue weighted by atomic mass is 19.1. The van der Waals surface area contributed by atoms with Gasteiger partial charge in [-0.25, -0.2) is 4.39 Å². The zero-order chi connectivity index (χ0) is 7.40. The topological polar surface area (TPSA) is 12.9 Å². The summed E-state index contributed by atoms with van der Waals surface area (Å²) in [4.78, 5) is 3.97. The minimum absolute atomic E-state index is 0.523. The van der Waals surface area contributed by atoms with Crippen molar-refractivity contribution in [1.29, 1.82) is 0 Å². The maximum atomic E-state index is 11.6. The van der Waals surface area contributed by atoms with Crippen LogP contribution in [0.2, 0.25) is 0 Å². The van der Waals surface area contributed by atoms with Gasteiger partial charge in [-0.2, -0.15) is 0 Å². The van der Waals surface area contributed by atoms with Gasteiger partial charge in [0.2, 0.25) is 0 Å². The summed E-state index contributed by atoms with van der Waals surface area (Å²) < 4.78 is 11.6. The van der Waals surface area contributed by atoms with Crippen LogP contribution >= 0.6 is 0 Å². The lowest BCUT2D eigenvalue weighted by atomic mass is 10.2. The van der Waals surface area contributed by atoms with Gasteiger partial charge >= 0.3 is 0 Å². The van der Waals surface area contributed by atoms with Crippen LogP contribution in [0, 0.1) is 6.92 Å². The summed E-state index contributed by atoms with van der Waals surface area (Å²) in [5.74, 6) is 0. The van der Waals surface area contributed by atoms with E-state index in [9.17, 15) is 4.39 Å². The fourth-order valence-electron chi connectivity index (χ4n) is 0.744. The molecule has 1 aromatic rings. The monoisotopic (exact) mass is 137 g/mol. The van der Waals surface area contributed by atoms with Gasteiger partial charge in [0, 0.05) is 11.9 Å². The van der Waals surface area contributed by atoms with Gasteiger partial charge in [0.15, 0.2) is 0 Å². The fourth-order valence-corrected chi connectivity index (χ4v) is 0.744. The van der Waals surface area contributed by atoms with Gasteiger partial charge in [-0.05, 0) is 30.7 Å². The quantitative estimate of drug-likeness (QED) is 0.578. The average Bonchev–Trinajstić information content (AvgIpc) is 1.88. The molecule has 1 rings (SSSR count). The smallest absolute Gasteiger partial charge is 0.0872 e. The van der Waals surface area contributed by atoms with Crippen LogP contribution in [0.3, 0.4) is 0 Å². The number of nitrogens with zero attached hydrogens (tertiary/aromatic N) is 1. The van der Waals surface area contributed by atoms with E-state index in [1.165, 1.54) is 6.08 Å². The van der Waals surface area contributed by atoms with Crippen LogP contribution in [0.4, 0.5) is 4.39 Å². The SMILES string of the molecule is Cc1cc(/C=C\F)ccn1. The molecule has 0 amide bonds. The zero-order valence-corrected chi connectivity index (χ0v) is 5.71. The first kappa shape index (κ1) is 6.93. The van der Waals surface area contributed by atoms with Crippen molar-refractivity contribution < 1.29 is 4.39 Å². The van der Waals surface area contributed by atoms with Crippen LogP contribution in [0.15, 0.2) is 24.7 Å². The Balaban J connectivity index is 2.95. The lowest BCUT2D eigenvalue weighted by Gasteiger charge is -1.91. The molecule has 0 aliphatic heterocycles. The largest absolute Gasteiger partial charge is 0.262 e. The van der Waals surface area contributed by atoms with Crippen molar-refractivity contribution in [2.24, 2.45) is 0 Å². The summed E-state index contributed by atoms with van der Waals surface area (Å²) in [5, 5.41) is 0. The van der Waals surface area contributed by atoms with Crippen LogP contribution in [0.5, 0.6) is 0 Å². The molecule has 1 nitrogen and oxygen atoms in total.